The number of aromatic nitrogens is 1. The smallest absolute Gasteiger partial charge is 0.151 e. The Morgan fingerprint density at radius 3 is 2.59 bits per heavy atom. The van der Waals surface area contributed by atoms with E-state index in [4.69, 9.17) is 16.3 Å². The van der Waals surface area contributed by atoms with Gasteiger partial charge in [0, 0.05) is 35.8 Å². The zero-order valence-electron chi connectivity index (χ0n) is 16.3. The molecule has 0 atom stereocenters. The minimum absolute atomic E-state index is 0.0131. The molecule has 0 radical (unpaired) electrons. The van der Waals surface area contributed by atoms with Crippen LogP contribution in [0.1, 0.15) is 5.69 Å². The summed E-state index contributed by atoms with van der Waals surface area (Å²) in [6.45, 7) is 0.258. The van der Waals surface area contributed by atoms with Gasteiger partial charge in [0.1, 0.15) is 27.5 Å². The average molecular weight is 430 g/mol. The monoisotopic (exact) mass is 429 g/mol. The molecule has 1 aromatic heterocycles. The van der Waals surface area contributed by atoms with Crippen molar-refractivity contribution in [2.45, 2.75) is 0 Å². The lowest BCUT2D eigenvalue weighted by Crippen LogP contribution is -2.26. The van der Waals surface area contributed by atoms with E-state index in [1.165, 1.54) is 6.26 Å². The average Bonchev–Trinajstić information content (AvgIpc) is 2.69. The molecule has 0 bridgehead atoms. The number of hydrogen-bond donors (Lipinski definition) is 0. The molecular weight excluding hydrogens is 410 g/mol. The summed E-state index contributed by atoms with van der Waals surface area (Å²) in [7, 11) is 0.205. The standard InChI is InChI=1S/C21H20ClN3O3S/c1-25(9-10-29(3,26)27)21-17-8-7-16(28-2)12-18(17)20(19(13-23)24-21)14-5-4-6-15(22)11-14/h4-8,11-12H,9-10H2,1-3H3. The van der Waals surface area contributed by atoms with Crippen molar-refractivity contribution in [2.75, 3.05) is 37.6 Å². The molecule has 0 amide bonds. The third kappa shape index (κ3) is 4.61. The quantitative estimate of drug-likeness (QED) is 0.590. The summed E-state index contributed by atoms with van der Waals surface area (Å²) in [6.07, 6.45) is 1.19. The van der Waals surface area contributed by atoms with Crippen molar-refractivity contribution in [3.63, 3.8) is 0 Å². The lowest BCUT2D eigenvalue weighted by molar-refractivity contribution is 0.415. The molecule has 0 N–H and O–H groups in total. The predicted molar refractivity (Wildman–Crippen MR) is 116 cm³/mol. The van der Waals surface area contributed by atoms with Gasteiger partial charge in [-0.25, -0.2) is 13.4 Å². The van der Waals surface area contributed by atoms with Crippen molar-refractivity contribution >= 4 is 38.0 Å². The van der Waals surface area contributed by atoms with Crippen LogP contribution in [0.25, 0.3) is 21.9 Å². The molecule has 8 heteroatoms. The molecule has 3 rings (SSSR count). The SMILES string of the molecule is COc1ccc2c(N(C)CCS(C)(=O)=O)nc(C#N)c(-c3cccc(Cl)c3)c2c1. The third-order valence-corrected chi connectivity index (χ3v) is 5.73. The van der Waals surface area contributed by atoms with Crippen LogP contribution >= 0.6 is 11.6 Å². The number of nitriles is 1. The highest BCUT2D eigenvalue weighted by Gasteiger charge is 2.19. The van der Waals surface area contributed by atoms with E-state index in [9.17, 15) is 13.7 Å². The molecule has 29 heavy (non-hydrogen) atoms. The maximum Gasteiger partial charge on any atom is 0.151 e. The van der Waals surface area contributed by atoms with E-state index in [1.807, 2.05) is 30.3 Å². The van der Waals surface area contributed by atoms with Gasteiger partial charge in [-0.05, 0) is 41.3 Å². The van der Waals surface area contributed by atoms with Gasteiger partial charge >= 0.3 is 0 Å². The van der Waals surface area contributed by atoms with E-state index in [2.05, 4.69) is 11.1 Å². The molecule has 0 fully saturated rings. The number of hydrogen-bond acceptors (Lipinski definition) is 6. The number of ether oxygens (including phenoxy) is 1. The van der Waals surface area contributed by atoms with Crippen LogP contribution in [0, 0.1) is 11.3 Å². The first-order chi connectivity index (χ1) is 13.7. The molecule has 3 aromatic rings. The molecule has 0 unspecified atom stereocenters. The van der Waals surface area contributed by atoms with Gasteiger partial charge in [-0.15, -0.1) is 0 Å². The fourth-order valence-electron chi connectivity index (χ4n) is 3.12. The second-order valence-electron chi connectivity index (χ2n) is 6.74. The summed E-state index contributed by atoms with van der Waals surface area (Å²) < 4.78 is 28.5. The van der Waals surface area contributed by atoms with Crippen molar-refractivity contribution in [3.05, 3.63) is 53.2 Å². The number of sulfone groups is 1. The minimum atomic E-state index is -3.13. The Labute approximate surface area is 175 Å². The Balaban J connectivity index is 2.28. The summed E-state index contributed by atoms with van der Waals surface area (Å²) in [5.41, 5.74) is 1.66. The second kappa shape index (κ2) is 8.27. The number of anilines is 1. The third-order valence-electron chi connectivity index (χ3n) is 4.57. The Kier molecular flexibility index (Phi) is 5.96. The number of fused-ring (bicyclic) bond motifs is 1. The lowest BCUT2D eigenvalue weighted by Gasteiger charge is -2.22. The topological polar surface area (TPSA) is 83.3 Å². The highest BCUT2D eigenvalue weighted by atomic mass is 35.5. The molecule has 0 saturated heterocycles. The van der Waals surface area contributed by atoms with E-state index in [1.54, 1.807) is 31.2 Å². The number of pyridine rings is 1. The summed E-state index contributed by atoms with van der Waals surface area (Å²) in [5.74, 6) is 1.16. The summed E-state index contributed by atoms with van der Waals surface area (Å²) in [6, 6.07) is 14.9. The van der Waals surface area contributed by atoms with E-state index < -0.39 is 9.84 Å². The molecule has 0 aliphatic rings. The second-order valence-corrected chi connectivity index (χ2v) is 9.44. The lowest BCUT2D eigenvalue weighted by atomic mass is 9.96. The van der Waals surface area contributed by atoms with Gasteiger partial charge in [-0.1, -0.05) is 23.7 Å². The first kappa shape index (κ1) is 20.9. The molecule has 6 nitrogen and oxygen atoms in total. The van der Waals surface area contributed by atoms with Crippen molar-refractivity contribution in [2.24, 2.45) is 0 Å². The molecule has 2 aromatic carbocycles. The fraction of sp³-hybridized carbons (Fsp3) is 0.238. The molecule has 0 saturated carbocycles. The van der Waals surface area contributed by atoms with E-state index >= 15 is 0 Å². The summed E-state index contributed by atoms with van der Waals surface area (Å²) in [4.78, 5) is 6.32. The molecule has 0 aliphatic heterocycles. The Hall–Kier alpha value is -2.82. The minimum Gasteiger partial charge on any atom is -0.497 e. The number of rotatable bonds is 6. The van der Waals surface area contributed by atoms with E-state index in [0.29, 0.717) is 22.2 Å². The van der Waals surface area contributed by atoms with Gasteiger partial charge in [-0.2, -0.15) is 5.26 Å². The van der Waals surface area contributed by atoms with Crippen molar-refractivity contribution in [1.82, 2.24) is 4.98 Å². The predicted octanol–water partition coefficient (Wildman–Crippen LogP) is 3.92. The fourth-order valence-corrected chi connectivity index (χ4v) is 3.91. The highest BCUT2D eigenvalue weighted by molar-refractivity contribution is 7.90. The van der Waals surface area contributed by atoms with Gasteiger partial charge in [0.2, 0.25) is 0 Å². The number of nitrogens with zero attached hydrogens (tertiary/aromatic N) is 3. The van der Waals surface area contributed by atoms with E-state index in [0.717, 1.165) is 16.3 Å². The van der Waals surface area contributed by atoms with Gasteiger partial charge in [-0.3, -0.25) is 0 Å². The maximum atomic E-state index is 11.6. The number of methoxy groups -OCH3 is 1. The number of halogens is 1. The van der Waals surface area contributed by atoms with Crippen LogP contribution in [0.2, 0.25) is 5.02 Å². The van der Waals surface area contributed by atoms with Gasteiger partial charge < -0.3 is 9.64 Å². The summed E-state index contributed by atoms with van der Waals surface area (Å²) in [5, 5.41) is 11.9. The molecule has 150 valence electrons. The zero-order chi connectivity index (χ0) is 21.2. The normalized spacial score (nSPS) is 11.3. The molecule has 0 aliphatic carbocycles. The summed E-state index contributed by atoms with van der Waals surface area (Å²) >= 11 is 6.17. The molecule has 0 spiro atoms. The highest BCUT2D eigenvalue weighted by Crippen LogP contribution is 2.38. The van der Waals surface area contributed by atoms with Crippen molar-refractivity contribution in [3.8, 4) is 22.9 Å². The Morgan fingerprint density at radius 1 is 1.21 bits per heavy atom. The van der Waals surface area contributed by atoms with Crippen molar-refractivity contribution < 1.29 is 13.2 Å². The van der Waals surface area contributed by atoms with Crippen molar-refractivity contribution in [1.29, 1.82) is 5.26 Å². The van der Waals surface area contributed by atoms with Crippen LogP contribution < -0.4 is 9.64 Å². The Bertz CT molecular complexity index is 1220. The first-order valence-electron chi connectivity index (χ1n) is 8.80. The van der Waals surface area contributed by atoms with Crippen LogP contribution in [-0.4, -0.2) is 46.1 Å². The van der Waals surface area contributed by atoms with Crippen LogP contribution in [0.5, 0.6) is 5.75 Å². The van der Waals surface area contributed by atoms with Crippen LogP contribution in [0.15, 0.2) is 42.5 Å². The molecular formula is C21H20ClN3O3S. The van der Waals surface area contributed by atoms with Gasteiger partial charge in [0.15, 0.2) is 5.69 Å². The van der Waals surface area contributed by atoms with Crippen LogP contribution in [-0.2, 0) is 9.84 Å². The van der Waals surface area contributed by atoms with Gasteiger partial charge in [0.25, 0.3) is 0 Å². The number of benzene rings is 2. The van der Waals surface area contributed by atoms with Crippen LogP contribution in [0.4, 0.5) is 5.82 Å². The maximum absolute atomic E-state index is 11.6. The first-order valence-corrected chi connectivity index (χ1v) is 11.2. The largest absolute Gasteiger partial charge is 0.497 e. The zero-order valence-corrected chi connectivity index (χ0v) is 17.9. The van der Waals surface area contributed by atoms with E-state index in [-0.39, 0.29) is 18.0 Å². The Morgan fingerprint density at radius 2 is 1.97 bits per heavy atom. The van der Waals surface area contributed by atoms with Gasteiger partial charge in [0.05, 0.1) is 12.9 Å². The molecule has 1 heterocycles. The van der Waals surface area contributed by atoms with Crippen LogP contribution in [0.3, 0.4) is 0 Å².